The summed E-state index contributed by atoms with van der Waals surface area (Å²) in [5.74, 6) is -0.939. The number of carboxylic acids is 1. The monoisotopic (exact) mass is 354 g/mol. The summed E-state index contributed by atoms with van der Waals surface area (Å²) in [6, 6.07) is 7.81. The van der Waals surface area contributed by atoms with Crippen LogP contribution in [0.25, 0.3) is 6.08 Å². The molecule has 0 atom stereocenters. The molecular weight excluding hydrogens is 343 g/mol. The van der Waals surface area contributed by atoms with Crippen molar-refractivity contribution >= 4 is 34.6 Å². The molecule has 1 N–H and O–H groups in total. The fourth-order valence-electron chi connectivity index (χ4n) is 1.55. The van der Waals surface area contributed by atoms with Gasteiger partial charge in [0.15, 0.2) is 0 Å². The fraction of sp³-hybridized carbons (Fsp3) is 0.0769. The maximum atomic E-state index is 10.5. The lowest BCUT2D eigenvalue weighted by Gasteiger charge is -2.05. The van der Waals surface area contributed by atoms with Gasteiger partial charge in [0.25, 0.3) is 0 Å². The molecular formula is C13H11IN2O2. The molecule has 0 fully saturated rings. The molecule has 0 saturated heterocycles. The second-order valence-electron chi connectivity index (χ2n) is 3.73. The molecule has 0 aliphatic rings. The number of benzene rings is 1. The van der Waals surface area contributed by atoms with Gasteiger partial charge in [-0.15, -0.1) is 0 Å². The van der Waals surface area contributed by atoms with Gasteiger partial charge >= 0.3 is 5.97 Å². The van der Waals surface area contributed by atoms with Crippen LogP contribution in [0, 0.1) is 3.57 Å². The highest BCUT2D eigenvalue weighted by molar-refractivity contribution is 14.1. The van der Waals surface area contributed by atoms with Gasteiger partial charge in [-0.1, -0.05) is 12.1 Å². The number of carboxylic acid groups (broad SMARTS) is 1. The predicted octanol–water partition coefficient (Wildman–Crippen LogP) is 2.63. The molecule has 0 aliphatic carbocycles. The number of carbonyl (C=O) groups is 1. The molecule has 5 heteroatoms. The highest BCUT2D eigenvalue weighted by atomic mass is 127. The number of aromatic nitrogens is 2. The Morgan fingerprint density at radius 1 is 1.50 bits per heavy atom. The normalized spacial score (nSPS) is 10.9. The number of rotatable bonds is 4. The van der Waals surface area contributed by atoms with E-state index in [2.05, 4.69) is 27.7 Å². The van der Waals surface area contributed by atoms with E-state index in [1.807, 2.05) is 35.1 Å². The zero-order valence-electron chi connectivity index (χ0n) is 9.45. The van der Waals surface area contributed by atoms with Crippen LogP contribution >= 0.6 is 22.6 Å². The van der Waals surface area contributed by atoms with Crippen molar-refractivity contribution in [1.82, 2.24) is 9.78 Å². The predicted molar refractivity (Wildman–Crippen MR) is 77.2 cm³/mol. The molecule has 92 valence electrons. The van der Waals surface area contributed by atoms with Crippen LogP contribution in [0.5, 0.6) is 0 Å². The van der Waals surface area contributed by atoms with E-state index < -0.39 is 5.97 Å². The first-order valence-electron chi connectivity index (χ1n) is 5.32. The summed E-state index contributed by atoms with van der Waals surface area (Å²) >= 11 is 2.20. The standard InChI is InChI=1S/C13H11IN2O2/c14-12-8-10(9-16-7-1-6-15-16)2-3-11(12)4-5-13(17)18/h1-8H,9H2,(H,17,18)/b5-4+. The first-order valence-corrected chi connectivity index (χ1v) is 6.40. The van der Waals surface area contributed by atoms with Crippen LogP contribution in [-0.4, -0.2) is 20.9 Å². The first-order chi connectivity index (χ1) is 8.65. The number of hydrogen-bond acceptors (Lipinski definition) is 2. The van der Waals surface area contributed by atoms with Crippen LogP contribution in [-0.2, 0) is 11.3 Å². The lowest BCUT2D eigenvalue weighted by Crippen LogP contribution is -2.00. The molecule has 4 nitrogen and oxygen atoms in total. The minimum atomic E-state index is -0.939. The Morgan fingerprint density at radius 2 is 2.33 bits per heavy atom. The van der Waals surface area contributed by atoms with Crippen molar-refractivity contribution in [1.29, 1.82) is 0 Å². The first kappa shape index (κ1) is 12.8. The van der Waals surface area contributed by atoms with Gasteiger partial charge in [0.1, 0.15) is 0 Å². The van der Waals surface area contributed by atoms with Gasteiger partial charge in [0.2, 0.25) is 0 Å². The zero-order valence-corrected chi connectivity index (χ0v) is 11.6. The highest BCUT2D eigenvalue weighted by Crippen LogP contribution is 2.16. The molecule has 0 aliphatic heterocycles. The second kappa shape index (κ2) is 5.81. The maximum absolute atomic E-state index is 10.5. The molecule has 1 heterocycles. The summed E-state index contributed by atoms with van der Waals surface area (Å²) in [6.07, 6.45) is 6.40. The molecule has 0 saturated carbocycles. The van der Waals surface area contributed by atoms with Gasteiger partial charge in [0.05, 0.1) is 6.54 Å². The van der Waals surface area contributed by atoms with Crippen LogP contribution in [0.2, 0.25) is 0 Å². The minimum absolute atomic E-state index is 0.714. The van der Waals surface area contributed by atoms with Crippen LogP contribution in [0.1, 0.15) is 11.1 Å². The number of halogens is 1. The third-order valence-electron chi connectivity index (χ3n) is 2.37. The van der Waals surface area contributed by atoms with Crippen molar-refractivity contribution in [3.63, 3.8) is 0 Å². The van der Waals surface area contributed by atoms with E-state index in [1.54, 1.807) is 12.3 Å². The minimum Gasteiger partial charge on any atom is -0.478 e. The highest BCUT2D eigenvalue weighted by Gasteiger charge is 2.00. The van der Waals surface area contributed by atoms with Gasteiger partial charge in [-0.25, -0.2) is 4.79 Å². The molecule has 1 aromatic carbocycles. The lowest BCUT2D eigenvalue weighted by atomic mass is 10.1. The Hall–Kier alpha value is -1.63. The molecule has 0 amide bonds. The summed E-state index contributed by atoms with van der Waals surface area (Å²) in [7, 11) is 0. The average Bonchev–Trinajstić information content (AvgIpc) is 2.80. The van der Waals surface area contributed by atoms with Gasteiger partial charge in [-0.05, 0) is 51.9 Å². The Labute approximate surface area is 118 Å². The molecule has 0 bridgehead atoms. The lowest BCUT2D eigenvalue weighted by molar-refractivity contribution is -0.131. The van der Waals surface area contributed by atoms with Crippen LogP contribution in [0.15, 0.2) is 42.7 Å². The molecule has 1 aromatic heterocycles. The van der Waals surface area contributed by atoms with Gasteiger partial charge in [0, 0.05) is 22.0 Å². The van der Waals surface area contributed by atoms with E-state index in [1.165, 1.54) is 0 Å². The molecule has 2 rings (SSSR count). The molecule has 2 aromatic rings. The summed E-state index contributed by atoms with van der Waals surface area (Å²) in [6.45, 7) is 0.714. The quantitative estimate of drug-likeness (QED) is 0.679. The molecule has 18 heavy (non-hydrogen) atoms. The molecule has 0 unspecified atom stereocenters. The van der Waals surface area contributed by atoms with E-state index in [-0.39, 0.29) is 0 Å². The number of hydrogen-bond donors (Lipinski definition) is 1. The summed E-state index contributed by atoms with van der Waals surface area (Å²) in [4.78, 5) is 10.5. The smallest absolute Gasteiger partial charge is 0.328 e. The summed E-state index contributed by atoms with van der Waals surface area (Å²) in [5.41, 5.74) is 2.04. The maximum Gasteiger partial charge on any atom is 0.328 e. The van der Waals surface area contributed by atoms with E-state index in [0.29, 0.717) is 6.54 Å². The Balaban J connectivity index is 2.17. The van der Waals surface area contributed by atoms with E-state index >= 15 is 0 Å². The van der Waals surface area contributed by atoms with Crippen LogP contribution in [0.4, 0.5) is 0 Å². The third kappa shape index (κ3) is 3.43. The van der Waals surface area contributed by atoms with Crippen molar-refractivity contribution in [2.45, 2.75) is 6.54 Å². The van der Waals surface area contributed by atoms with E-state index in [0.717, 1.165) is 20.8 Å². The van der Waals surface area contributed by atoms with Gasteiger partial charge < -0.3 is 5.11 Å². The number of aliphatic carboxylic acids is 1. The van der Waals surface area contributed by atoms with Crippen LogP contribution in [0.3, 0.4) is 0 Å². The summed E-state index contributed by atoms with van der Waals surface area (Å²) in [5, 5.41) is 12.7. The van der Waals surface area contributed by atoms with E-state index in [4.69, 9.17) is 5.11 Å². The largest absolute Gasteiger partial charge is 0.478 e. The van der Waals surface area contributed by atoms with Crippen molar-refractivity contribution in [2.75, 3.05) is 0 Å². The fourth-order valence-corrected chi connectivity index (χ4v) is 2.31. The van der Waals surface area contributed by atoms with Crippen molar-refractivity contribution in [3.8, 4) is 0 Å². The average molecular weight is 354 g/mol. The second-order valence-corrected chi connectivity index (χ2v) is 4.89. The van der Waals surface area contributed by atoms with Gasteiger partial charge in [-0.3, -0.25) is 4.68 Å². The van der Waals surface area contributed by atoms with Crippen molar-refractivity contribution < 1.29 is 9.90 Å². The Bertz CT molecular complexity index is 577. The Morgan fingerprint density at radius 3 is 2.94 bits per heavy atom. The van der Waals surface area contributed by atoms with Gasteiger partial charge in [-0.2, -0.15) is 5.10 Å². The van der Waals surface area contributed by atoms with Crippen molar-refractivity contribution in [2.24, 2.45) is 0 Å². The van der Waals surface area contributed by atoms with Crippen molar-refractivity contribution in [3.05, 3.63) is 57.4 Å². The number of nitrogens with zero attached hydrogens (tertiary/aromatic N) is 2. The van der Waals surface area contributed by atoms with Crippen LogP contribution < -0.4 is 0 Å². The van der Waals surface area contributed by atoms with E-state index in [9.17, 15) is 4.79 Å². The summed E-state index contributed by atoms with van der Waals surface area (Å²) < 4.78 is 2.87. The SMILES string of the molecule is O=C(O)/C=C/c1ccc(Cn2cccn2)cc1I. The topological polar surface area (TPSA) is 55.1 Å². The zero-order chi connectivity index (χ0) is 13.0. The third-order valence-corrected chi connectivity index (χ3v) is 3.31. The Kier molecular flexibility index (Phi) is 4.14. The molecule has 0 radical (unpaired) electrons. The molecule has 0 spiro atoms.